The second-order valence-electron chi connectivity index (χ2n) is 2.91. The van der Waals surface area contributed by atoms with Crippen LogP contribution in [0.5, 0.6) is 5.88 Å². The van der Waals surface area contributed by atoms with Gasteiger partial charge < -0.3 is 4.74 Å². The van der Waals surface area contributed by atoms with Gasteiger partial charge in [0.15, 0.2) is 0 Å². The van der Waals surface area contributed by atoms with Gasteiger partial charge in [-0.15, -0.1) is 5.10 Å². The van der Waals surface area contributed by atoms with Crippen LogP contribution in [0.15, 0.2) is 12.3 Å². The molecule has 3 heteroatoms. The number of ether oxygens (including phenoxy) is 1. The van der Waals surface area contributed by atoms with Crippen LogP contribution in [-0.4, -0.2) is 16.8 Å². The number of aromatic nitrogens is 2. The maximum absolute atomic E-state index is 5.22. The Kier molecular flexibility index (Phi) is 3.02. The van der Waals surface area contributed by atoms with E-state index in [0.717, 1.165) is 5.56 Å². The van der Waals surface area contributed by atoms with E-state index in [1.54, 1.807) is 6.20 Å². The average molecular weight is 166 g/mol. The van der Waals surface area contributed by atoms with Crippen molar-refractivity contribution in [2.45, 2.75) is 26.7 Å². The topological polar surface area (TPSA) is 35.0 Å². The van der Waals surface area contributed by atoms with Crippen molar-refractivity contribution in [1.82, 2.24) is 10.2 Å². The third-order valence-corrected chi connectivity index (χ3v) is 1.61. The van der Waals surface area contributed by atoms with E-state index in [9.17, 15) is 0 Å². The molecule has 0 atom stereocenters. The van der Waals surface area contributed by atoms with Gasteiger partial charge in [0.1, 0.15) is 0 Å². The zero-order valence-corrected chi connectivity index (χ0v) is 7.74. The van der Waals surface area contributed by atoms with E-state index in [0.29, 0.717) is 18.4 Å². The Balaban J connectivity index is 2.81. The third kappa shape index (κ3) is 2.19. The molecule has 0 saturated heterocycles. The molecule has 1 aromatic rings. The van der Waals surface area contributed by atoms with Crippen LogP contribution in [0.4, 0.5) is 0 Å². The van der Waals surface area contributed by atoms with E-state index < -0.39 is 0 Å². The minimum absolute atomic E-state index is 0.472. The highest BCUT2D eigenvalue weighted by atomic mass is 16.5. The molecule has 1 aromatic heterocycles. The highest BCUT2D eigenvalue weighted by molar-refractivity contribution is 5.19. The Morgan fingerprint density at radius 2 is 2.25 bits per heavy atom. The van der Waals surface area contributed by atoms with Gasteiger partial charge in [0.2, 0.25) is 5.88 Å². The summed E-state index contributed by atoms with van der Waals surface area (Å²) in [6.45, 7) is 6.80. The second kappa shape index (κ2) is 4.04. The van der Waals surface area contributed by atoms with E-state index in [2.05, 4.69) is 24.0 Å². The van der Waals surface area contributed by atoms with E-state index >= 15 is 0 Å². The first-order valence-corrected chi connectivity index (χ1v) is 4.19. The molecule has 3 nitrogen and oxygen atoms in total. The Bertz CT molecular complexity index is 248. The van der Waals surface area contributed by atoms with Crippen molar-refractivity contribution in [2.24, 2.45) is 0 Å². The summed E-state index contributed by atoms with van der Waals surface area (Å²) in [6, 6.07) is 1.93. The van der Waals surface area contributed by atoms with Crippen LogP contribution < -0.4 is 4.74 Å². The highest BCUT2D eigenvalue weighted by Crippen LogP contribution is 2.15. The Labute approximate surface area is 72.8 Å². The zero-order chi connectivity index (χ0) is 8.97. The van der Waals surface area contributed by atoms with Gasteiger partial charge in [-0.1, -0.05) is 13.8 Å². The summed E-state index contributed by atoms with van der Waals surface area (Å²) in [5, 5.41) is 7.69. The summed E-state index contributed by atoms with van der Waals surface area (Å²) in [5.41, 5.74) is 1.16. The van der Waals surface area contributed by atoms with Crippen LogP contribution >= 0.6 is 0 Å². The fourth-order valence-electron chi connectivity index (χ4n) is 0.895. The molecular weight excluding hydrogens is 152 g/mol. The van der Waals surface area contributed by atoms with Gasteiger partial charge in [-0.2, -0.15) is 5.10 Å². The first-order valence-electron chi connectivity index (χ1n) is 4.19. The Morgan fingerprint density at radius 1 is 1.50 bits per heavy atom. The van der Waals surface area contributed by atoms with Crippen LogP contribution in [0, 0.1) is 0 Å². The van der Waals surface area contributed by atoms with Gasteiger partial charge in [-0.25, -0.2) is 0 Å². The number of nitrogens with zero attached hydrogens (tertiary/aromatic N) is 2. The SMILES string of the molecule is CCOc1cc(C(C)C)cnn1. The van der Waals surface area contributed by atoms with Gasteiger partial charge >= 0.3 is 0 Å². The van der Waals surface area contributed by atoms with Crippen LogP contribution in [-0.2, 0) is 0 Å². The van der Waals surface area contributed by atoms with Gasteiger partial charge in [0.25, 0.3) is 0 Å². The summed E-state index contributed by atoms with van der Waals surface area (Å²) in [7, 11) is 0. The summed E-state index contributed by atoms with van der Waals surface area (Å²) >= 11 is 0. The average Bonchev–Trinajstić information content (AvgIpc) is 2.05. The minimum atomic E-state index is 0.472. The van der Waals surface area contributed by atoms with Crippen molar-refractivity contribution in [2.75, 3.05) is 6.61 Å². The molecule has 0 amide bonds. The molecule has 0 aromatic carbocycles. The molecule has 0 N–H and O–H groups in total. The fourth-order valence-corrected chi connectivity index (χ4v) is 0.895. The van der Waals surface area contributed by atoms with Crippen molar-refractivity contribution >= 4 is 0 Å². The minimum Gasteiger partial charge on any atom is -0.477 e. The number of rotatable bonds is 3. The zero-order valence-electron chi connectivity index (χ0n) is 7.74. The summed E-state index contributed by atoms with van der Waals surface area (Å²) in [6.07, 6.45) is 1.77. The first-order chi connectivity index (χ1) is 5.74. The molecule has 0 saturated carbocycles. The van der Waals surface area contributed by atoms with Gasteiger partial charge in [-0.3, -0.25) is 0 Å². The normalized spacial score (nSPS) is 10.3. The number of hydrogen-bond acceptors (Lipinski definition) is 3. The van der Waals surface area contributed by atoms with Crippen LogP contribution in [0.3, 0.4) is 0 Å². The van der Waals surface area contributed by atoms with E-state index in [1.165, 1.54) is 0 Å². The standard InChI is InChI=1S/C9H14N2O/c1-4-12-9-5-8(7(2)3)6-10-11-9/h5-7H,4H2,1-3H3. The maximum atomic E-state index is 5.22. The molecule has 0 radical (unpaired) electrons. The summed E-state index contributed by atoms with van der Waals surface area (Å²) in [4.78, 5) is 0. The monoisotopic (exact) mass is 166 g/mol. The Hall–Kier alpha value is -1.12. The van der Waals surface area contributed by atoms with Crippen molar-refractivity contribution in [3.63, 3.8) is 0 Å². The number of hydrogen-bond donors (Lipinski definition) is 0. The highest BCUT2D eigenvalue weighted by Gasteiger charge is 2.01. The molecule has 0 aliphatic rings. The molecule has 12 heavy (non-hydrogen) atoms. The molecule has 0 bridgehead atoms. The molecule has 1 heterocycles. The quantitative estimate of drug-likeness (QED) is 0.688. The second-order valence-corrected chi connectivity index (χ2v) is 2.91. The molecule has 0 spiro atoms. The van der Waals surface area contributed by atoms with Crippen LogP contribution in [0.1, 0.15) is 32.3 Å². The predicted molar refractivity (Wildman–Crippen MR) is 47.3 cm³/mol. The summed E-state index contributed by atoms with van der Waals surface area (Å²) in [5.74, 6) is 1.09. The molecule has 0 aliphatic carbocycles. The maximum Gasteiger partial charge on any atom is 0.233 e. The van der Waals surface area contributed by atoms with Crippen LogP contribution in [0.25, 0.3) is 0 Å². The fraction of sp³-hybridized carbons (Fsp3) is 0.556. The predicted octanol–water partition coefficient (Wildman–Crippen LogP) is 2.00. The van der Waals surface area contributed by atoms with E-state index in [4.69, 9.17) is 4.74 Å². The smallest absolute Gasteiger partial charge is 0.233 e. The van der Waals surface area contributed by atoms with Crippen molar-refractivity contribution < 1.29 is 4.74 Å². The molecule has 66 valence electrons. The summed E-state index contributed by atoms with van der Waals surface area (Å²) < 4.78 is 5.22. The van der Waals surface area contributed by atoms with Gasteiger partial charge in [-0.05, 0) is 18.4 Å². The third-order valence-electron chi connectivity index (χ3n) is 1.61. The lowest BCUT2D eigenvalue weighted by molar-refractivity contribution is 0.322. The van der Waals surface area contributed by atoms with Crippen molar-refractivity contribution in [3.05, 3.63) is 17.8 Å². The van der Waals surface area contributed by atoms with E-state index in [-0.39, 0.29) is 0 Å². The van der Waals surface area contributed by atoms with Gasteiger partial charge in [0, 0.05) is 6.07 Å². The lowest BCUT2D eigenvalue weighted by Crippen LogP contribution is -1.98. The lowest BCUT2D eigenvalue weighted by Gasteiger charge is -2.05. The molecule has 0 unspecified atom stereocenters. The largest absolute Gasteiger partial charge is 0.477 e. The Morgan fingerprint density at radius 3 is 2.83 bits per heavy atom. The molecule has 0 aliphatic heterocycles. The molecular formula is C9H14N2O. The lowest BCUT2D eigenvalue weighted by atomic mass is 10.1. The first kappa shape index (κ1) is 8.97. The van der Waals surface area contributed by atoms with Crippen LogP contribution in [0.2, 0.25) is 0 Å². The molecule has 0 fully saturated rings. The van der Waals surface area contributed by atoms with Crippen molar-refractivity contribution in [3.8, 4) is 5.88 Å². The van der Waals surface area contributed by atoms with Gasteiger partial charge in [0.05, 0.1) is 12.8 Å². The van der Waals surface area contributed by atoms with Crippen molar-refractivity contribution in [1.29, 1.82) is 0 Å². The molecule has 1 rings (SSSR count). The van der Waals surface area contributed by atoms with E-state index in [1.807, 2.05) is 13.0 Å².